The summed E-state index contributed by atoms with van der Waals surface area (Å²) in [6.07, 6.45) is 0.803. The lowest BCUT2D eigenvalue weighted by Gasteiger charge is -2.37. The number of carbonyl (C=O) groups excluding carboxylic acids is 3. The molecule has 2 fully saturated rings. The summed E-state index contributed by atoms with van der Waals surface area (Å²) < 4.78 is 15.9. The molecule has 2 aromatic rings. The highest BCUT2D eigenvalue weighted by Crippen LogP contribution is 2.26. The molecule has 0 radical (unpaired) electrons. The number of cyclic esters (lactones) is 1. The van der Waals surface area contributed by atoms with Gasteiger partial charge in [-0.25, -0.2) is 14.6 Å². The van der Waals surface area contributed by atoms with Crippen molar-refractivity contribution in [2.75, 3.05) is 26.3 Å². The van der Waals surface area contributed by atoms with E-state index in [-0.39, 0.29) is 31.6 Å². The number of carbonyl (C=O) groups is 3. The molecular weight excluding hydrogens is 414 g/mol. The van der Waals surface area contributed by atoms with Gasteiger partial charge in [-0.1, -0.05) is 18.2 Å². The van der Waals surface area contributed by atoms with Gasteiger partial charge < -0.3 is 18.8 Å². The number of esters is 1. The lowest BCUT2D eigenvalue weighted by atomic mass is 10.0. The number of hydrogen-bond acceptors (Lipinski definition) is 7. The second-order valence-corrected chi connectivity index (χ2v) is 7.93. The Kier molecular flexibility index (Phi) is 6.43. The normalized spacial score (nSPS) is 19.2. The number of rotatable bonds is 6. The molecule has 2 aliphatic heterocycles. The number of benzene rings is 1. The summed E-state index contributed by atoms with van der Waals surface area (Å²) in [6.45, 7) is 4.77. The second-order valence-electron chi connectivity index (χ2n) is 7.93. The molecular formula is C23H27N3O6. The summed E-state index contributed by atoms with van der Waals surface area (Å²) >= 11 is 0. The summed E-state index contributed by atoms with van der Waals surface area (Å²) in [4.78, 5) is 45.0. The smallest absolute Gasteiger partial charge is 0.410 e. The highest BCUT2D eigenvalue weighted by atomic mass is 16.6. The lowest BCUT2D eigenvalue weighted by Crippen LogP contribution is -2.52. The molecule has 32 heavy (non-hydrogen) atoms. The second kappa shape index (κ2) is 9.42. The number of likely N-dealkylation sites (tertiary alicyclic amines) is 1. The summed E-state index contributed by atoms with van der Waals surface area (Å²) in [7, 11) is 0. The van der Waals surface area contributed by atoms with E-state index < -0.39 is 18.1 Å². The zero-order valence-corrected chi connectivity index (χ0v) is 18.3. The average molecular weight is 441 g/mol. The Hall–Kier alpha value is -3.36. The van der Waals surface area contributed by atoms with Crippen molar-refractivity contribution in [1.29, 1.82) is 0 Å². The molecule has 0 spiro atoms. The van der Waals surface area contributed by atoms with E-state index in [0.29, 0.717) is 43.3 Å². The number of amides is 2. The molecule has 1 aromatic carbocycles. The van der Waals surface area contributed by atoms with Crippen LogP contribution in [0, 0.1) is 6.92 Å². The van der Waals surface area contributed by atoms with Crippen molar-refractivity contribution in [2.45, 2.75) is 45.2 Å². The molecule has 0 saturated carbocycles. The maximum Gasteiger partial charge on any atom is 0.410 e. The number of ether oxygens (including phenoxy) is 2. The van der Waals surface area contributed by atoms with Crippen LogP contribution < -0.4 is 0 Å². The maximum atomic E-state index is 12.9. The van der Waals surface area contributed by atoms with Crippen LogP contribution in [-0.2, 0) is 25.5 Å². The molecule has 0 aliphatic carbocycles. The third kappa shape index (κ3) is 4.46. The van der Waals surface area contributed by atoms with Crippen LogP contribution in [0.2, 0.25) is 0 Å². The third-order valence-electron chi connectivity index (χ3n) is 5.91. The molecule has 9 nitrogen and oxygen atoms in total. The Labute approximate surface area is 186 Å². The molecule has 4 rings (SSSR count). The van der Waals surface area contributed by atoms with E-state index in [9.17, 15) is 14.4 Å². The van der Waals surface area contributed by atoms with Crippen molar-refractivity contribution in [2.24, 2.45) is 0 Å². The highest BCUT2D eigenvalue weighted by molar-refractivity contribution is 5.84. The molecule has 2 saturated heterocycles. The van der Waals surface area contributed by atoms with Crippen molar-refractivity contribution >= 4 is 18.0 Å². The summed E-state index contributed by atoms with van der Waals surface area (Å²) in [5, 5.41) is 0. The van der Waals surface area contributed by atoms with Crippen molar-refractivity contribution < 1.29 is 28.3 Å². The Morgan fingerprint density at radius 2 is 1.91 bits per heavy atom. The molecule has 3 heterocycles. The van der Waals surface area contributed by atoms with Gasteiger partial charge in [-0.05, 0) is 38.8 Å². The predicted molar refractivity (Wildman–Crippen MR) is 114 cm³/mol. The minimum atomic E-state index is -0.719. The van der Waals surface area contributed by atoms with Crippen molar-refractivity contribution in [3.8, 4) is 11.5 Å². The van der Waals surface area contributed by atoms with Gasteiger partial charge in [0.1, 0.15) is 12.4 Å². The number of aromatic nitrogens is 1. The maximum absolute atomic E-state index is 12.9. The molecule has 1 unspecified atom stereocenters. The third-order valence-corrected chi connectivity index (χ3v) is 5.91. The first-order valence-electron chi connectivity index (χ1n) is 10.9. The largest absolute Gasteiger partial charge is 0.464 e. The van der Waals surface area contributed by atoms with Crippen LogP contribution in [0.15, 0.2) is 34.7 Å². The van der Waals surface area contributed by atoms with Crippen LogP contribution in [0.4, 0.5) is 4.79 Å². The van der Waals surface area contributed by atoms with Gasteiger partial charge in [0.2, 0.25) is 11.8 Å². The standard InChI is InChI=1S/C23H27N3O6/c1-3-30-22(28)19-14-31-23(29)26(19)17-9-11-25(12-10-17)20(27)13-18-15(2)32-21(24-18)16-7-5-4-6-8-16/h4-8,17,19H,3,9-14H2,1-2H3. The SMILES string of the molecule is CCOC(=O)C1COC(=O)N1C1CCN(C(=O)Cc2nc(-c3ccccc3)oc2C)CC1. The van der Waals surface area contributed by atoms with Gasteiger partial charge in [-0.2, -0.15) is 0 Å². The van der Waals surface area contributed by atoms with Gasteiger partial charge in [0.25, 0.3) is 0 Å². The molecule has 0 N–H and O–H groups in total. The highest BCUT2D eigenvalue weighted by Gasteiger charge is 2.44. The van der Waals surface area contributed by atoms with Gasteiger partial charge in [0.05, 0.1) is 18.7 Å². The Morgan fingerprint density at radius 1 is 1.19 bits per heavy atom. The van der Waals surface area contributed by atoms with Crippen molar-refractivity contribution in [3.05, 3.63) is 41.8 Å². The number of piperidine rings is 1. The van der Waals surface area contributed by atoms with Gasteiger partial charge in [-0.15, -0.1) is 0 Å². The molecule has 2 amide bonds. The topological polar surface area (TPSA) is 102 Å². The zero-order chi connectivity index (χ0) is 22.7. The lowest BCUT2D eigenvalue weighted by molar-refractivity contribution is -0.149. The first-order chi connectivity index (χ1) is 15.5. The summed E-state index contributed by atoms with van der Waals surface area (Å²) in [5.41, 5.74) is 1.49. The van der Waals surface area contributed by atoms with E-state index in [4.69, 9.17) is 13.9 Å². The first-order valence-corrected chi connectivity index (χ1v) is 10.9. The first kappa shape index (κ1) is 21.9. The van der Waals surface area contributed by atoms with Gasteiger partial charge in [0.15, 0.2) is 6.04 Å². The van der Waals surface area contributed by atoms with Crippen molar-refractivity contribution in [3.63, 3.8) is 0 Å². The number of aryl methyl sites for hydroxylation is 1. The van der Waals surface area contributed by atoms with E-state index in [1.165, 1.54) is 4.90 Å². The van der Waals surface area contributed by atoms with E-state index >= 15 is 0 Å². The zero-order valence-electron chi connectivity index (χ0n) is 18.3. The van der Waals surface area contributed by atoms with Crippen molar-refractivity contribution in [1.82, 2.24) is 14.8 Å². The number of nitrogens with zero attached hydrogens (tertiary/aromatic N) is 3. The molecule has 1 atom stereocenters. The minimum Gasteiger partial charge on any atom is -0.464 e. The Morgan fingerprint density at radius 3 is 2.59 bits per heavy atom. The average Bonchev–Trinajstić information content (AvgIpc) is 3.37. The molecule has 1 aromatic heterocycles. The van der Waals surface area contributed by atoms with E-state index in [0.717, 1.165) is 5.56 Å². The number of oxazole rings is 1. The minimum absolute atomic E-state index is 0.00595. The summed E-state index contributed by atoms with van der Waals surface area (Å²) in [6, 6.07) is 8.68. The quantitative estimate of drug-likeness (QED) is 0.635. The number of hydrogen-bond donors (Lipinski definition) is 0. The molecule has 170 valence electrons. The van der Waals surface area contributed by atoms with E-state index in [2.05, 4.69) is 4.98 Å². The van der Waals surface area contributed by atoms with Gasteiger partial charge >= 0.3 is 12.1 Å². The fraction of sp³-hybridized carbons (Fsp3) is 0.478. The fourth-order valence-corrected chi connectivity index (χ4v) is 4.20. The summed E-state index contributed by atoms with van der Waals surface area (Å²) in [5.74, 6) is 0.643. The predicted octanol–water partition coefficient (Wildman–Crippen LogP) is 2.57. The van der Waals surface area contributed by atoms with Crippen LogP contribution in [0.3, 0.4) is 0 Å². The van der Waals surface area contributed by atoms with E-state index in [1.807, 2.05) is 37.3 Å². The van der Waals surface area contributed by atoms with E-state index in [1.54, 1.807) is 11.8 Å². The Bertz CT molecular complexity index is 981. The van der Waals surface area contributed by atoms with Crippen LogP contribution in [0.1, 0.15) is 31.2 Å². The van der Waals surface area contributed by atoms with Crippen LogP contribution >= 0.6 is 0 Å². The molecule has 9 heteroatoms. The van der Waals surface area contributed by atoms with Crippen LogP contribution in [0.25, 0.3) is 11.5 Å². The van der Waals surface area contributed by atoms with Crippen LogP contribution in [-0.4, -0.2) is 71.1 Å². The van der Waals surface area contributed by atoms with Gasteiger partial charge in [0, 0.05) is 24.7 Å². The monoisotopic (exact) mass is 441 g/mol. The van der Waals surface area contributed by atoms with Gasteiger partial charge in [-0.3, -0.25) is 9.69 Å². The Balaban J connectivity index is 1.35. The molecule has 0 bridgehead atoms. The molecule has 2 aliphatic rings. The fourth-order valence-electron chi connectivity index (χ4n) is 4.20. The van der Waals surface area contributed by atoms with Crippen LogP contribution in [0.5, 0.6) is 0 Å².